The molecular weight excluding hydrogens is 324 g/mol. The lowest BCUT2D eigenvalue weighted by molar-refractivity contribution is -0.118. The first kappa shape index (κ1) is 16.2. The fourth-order valence-electron chi connectivity index (χ4n) is 1.99. The Hall–Kier alpha value is -2.18. The summed E-state index contributed by atoms with van der Waals surface area (Å²) in [6.45, 7) is 2.98. The van der Waals surface area contributed by atoms with Crippen molar-refractivity contribution in [3.05, 3.63) is 35.1 Å². The second-order valence-corrected chi connectivity index (χ2v) is 7.73. The van der Waals surface area contributed by atoms with E-state index in [1.54, 1.807) is 18.4 Å². The molecule has 1 aromatic rings. The maximum absolute atomic E-state index is 12.2. The average Bonchev–Trinajstić information content (AvgIpc) is 2.96. The van der Waals surface area contributed by atoms with Gasteiger partial charge in [0.1, 0.15) is 5.41 Å². The number of carbonyl (C=O) groups is 1. The van der Waals surface area contributed by atoms with Crippen molar-refractivity contribution in [1.82, 2.24) is 15.0 Å². The molecule has 1 aromatic heterocycles. The van der Waals surface area contributed by atoms with Crippen LogP contribution in [0.2, 0.25) is 0 Å². The smallest absolute Gasteiger partial charge is 0.289 e. The lowest BCUT2D eigenvalue weighted by Gasteiger charge is -2.29. The first-order valence-corrected chi connectivity index (χ1v) is 8.65. The van der Waals surface area contributed by atoms with E-state index in [2.05, 4.69) is 21.1 Å². The summed E-state index contributed by atoms with van der Waals surface area (Å²) >= 11 is 0.991. The van der Waals surface area contributed by atoms with Gasteiger partial charge in [-0.3, -0.25) is 9.52 Å². The standard InChI is InChI=1S/C13H14N4O3S2/c1-9(18)16-10-3-4-11(13(2,7-10)8-14)17-22(19,20)12-15-5-6-21-12/h3-6,17H,7H2,1-2H3,(H,16,18). The van der Waals surface area contributed by atoms with Crippen LogP contribution in [0.4, 0.5) is 0 Å². The first-order valence-electron chi connectivity index (χ1n) is 6.29. The van der Waals surface area contributed by atoms with E-state index in [1.165, 1.54) is 19.2 Å². The molecule has 1 atom stereocenters. The van der Waals surface area contributed by atoms with Crippen molar-refractivity contribution in [2.45, 2.75) is 24.6 Å². The molecule has 1 aliphatic carbocycles. The molecule has 0 saturated carbocycles. The van der Waals surface area contributed by atoms with Crippen LogP contribution in [-0.2, 0) is 14.8 Å². The molecule has 0 bridgehead atoms. The lowest BCUT2D eigenvalue weighted by atomic mass is 9.80. The molecule has 22 heavy (non-hydrogen) atoms. The second kappa shape index (κ2) is 5.90. The summed E-state index contributed by atoms with van der Waals surface area (Å²) in [4.78, 5) is 14.9. The van der Waals surface area contributed by atoms with Gasteiger partial charge in [0, 0.05) is 36.3 Å². The van der Waals surface area contributed by atoms with Gasteiger partial charge >= 0.3 is 0 Å². The maximum atomic E-state index is 12.2. The van der Waals surface area contributed by atoms with Gasteiger partial charge in [-0.1, -0.05) is 0 Å². The van der Waals surface area contributed by atoms with Crippen LogP contribution in [0, 0.1) is 16.7 Å². The summed E-state index contributed by atoms with van der Waals surface area (Å²) in [6, 6.07) is 2.10. The topological polar surface area (TPSA) is 112 Å². The summed E-state index contributed by atoms with van der Waals surface area (Å²) < 4.78 is 26.8. The third kappa shape index (κ3) is 3.35. The SMILES string of the molecule is CC(=O)NC1=CC=C(NS(=O)(=O)c2nccs2)C(C)(C#N)C1. The van der Waals surface area contributed by atoms with E-state index in [0.717, 1.165) is 11.3 Å². The van der Waals surface area contributed by atoms with E-state index in [-0.39, 0.29) is 22.4 Å². The monoisotopic (exact) mass is 338 g/mol. The highest BCUT2D eigenvalue weighted by Gasteiger charge is 2.35. The molecule has 116 valence electrons. The van der Waals surface area contributed by atoms with Crippen molar-refractivity contribution in [2.24, 2.45) is 5.41 Å². The van der Waals surface area contributed by atoms with Gasteiger partial charge in [-0.15, -0.1) is 11.3 Å². The fourth-order valence-corrected chi connectivity index (χ4v) is 4.02. The zero-order valence-electron chi connectivity index (χ0n) is 12.0. The first-order chi connectivity index (χ1) is 10.3. The van der Waals surface area contributed by atoms with Gasteiger partial charge in [-0.2, -0.15) is 13.7 Å². The molecular formula is C13H14N4O3S2. The molecule has 0 spiro atoms. The molecule has 0 saturated heterocycles. The predicted molar refractivity (Wildman–Crippen MR) is 80.8 cm³/mol. The molecule has 2 rings (SSSR count). The van der Waals surface area contributed by atoms with E-state index in [4.69, 9.17) is 0 Å². The van der Waals surface area contributed by atoms with E-state index in [9.17, 15) is 18.5 Å². The Balaban J connectivity index is 2.32. The third-order valence-electron chi connectivity index (χ3n) is 3.06. The summed E-state index contributed by atoms with van der Waals surface area (Å²) in [5, 5.41) is 13.6. The molecule has 2 N–H and O–H groups in total. The maximum Gasteiger partial charge on any atom is 0.289 e. The molecule has 0 fully saturated rings. The van der Waals surface area contributed by atoms with Gasteiger partial charge in [0.15, 0.2) is 0 Å². The Morgan fingerprint density at radius 1 is 1.50 bits per heavy atom. The molecule has 0 radical (unpaired) electrons. The van der Waals surface area contributed by atoms with Gasteiger partial charge in [0.25, 0.3) is 10.0 Å². The van der Waals surface area contributed by atoms with E-state index in [0.29, 0.717) is 5.70 Å². The van der Waals surface area contributed by atoms with E-state index in [1.807, 2.05) is 0 Å². The van der Waals surface area contributed by atoms with E-state index >= 15 is 0 Å². The Bertz CT molecular complexity index is 788. The largest absolute Gasteiger partial charge is 0.330 e. The zero-order chi connectivity index (χ0) is 16.4. The second-order valence-electron chi connectivity index (χ2n) is 4.98. The Labute approximate surface area is 132 Å². The van der Waals surface area contributed by atoms with E-state index < -0.39 is 15.4 Å². The van der Waals surface area contributed by atoms with Crippen LogP contribution in [0.1, 0.15) is 20.3 Å². The summed E-state index contributed by atoms with van der Waals surface area (Å²) in [5.41, 5.74) is -0.273. The summed E-state index contributed by atoms with van der Waals surface area (Å²) in [7, 11) is -3.82. The van der Waals surface area contributed by atoms with Crippen LogP contribution in [0.25, 0.3) is 0 Å². The van der Waals surface area contributed by atoms with Gasteiger partial charge in [0.05, 0.1) is 6.07 Å². The summed E-state index contributed by atoms with van der Waals surface area (Å²) in [6.07, 6.45) is 4.67. The van der Waals surface area contributed by atoms with Crippen LogP contribution in [0.15, 0.2) is 39.5 Å². The minimum absolute atomic E-state index is 0.0645. The molecule has 0 aromatic carbocycles. The number of nitrogens with zero attached hydrogens (tertiary/aromatic N) is 2. The van der Waals surface area contributed by atoms with Crippen LogP contribution in [-0.4, -0.2) is 19.3 Å². The number of sulfonamides is 1. The molecule has 1 heterocycles. The number of nitrogens with one attached hydrogen (secondary N) is 2. The highest BCUT2D eigenvalue weighted by Crippen LogP contribution is 2.35. The van der Waals surface area contributed by atoms with Crippen molar-refractivity contribution in [3.8, 4) is 6.07 Å². The number of hydrogen-bond donors (Lipinski definition) is 2. The zero-order valence-corrected chi connectivity index (χ0v) is 13.6. The number of amides is 1. The normalized spacial score (nSPS) is 21.3. The number of allylic oxidation sites excluding steroid dienone is 4. The van der Waals surface area contributed by atoms with Crippen LogP contribution >= 0.6 is 11.3 Å². The van der Waals surface area contributed by atoms with Gasteiger partial charge in [-0.05, 0) is 19.1 Å². The number of rotatable bonds is 4. The highest BCUT2D eigenvalue weighted by atomic mass is 32.2. The minimum Gasteiger partial charge on any atom is -0.330 e. The highest BCUT2D eigenvalue weighted by molar-refractivity contribution is 7.91. The van der Waals surface area contributed by atoms with Gasteiger partial charge in [-0.25, -0.2) is 4.98 Å². The lowest BCUT2D eigenvalue weighted by Crippen LogP contribution is -2.36. The Morgan fingerprint density at radius 2 is 2.23 bits per heavy atom. The number of carbonyl (C=O) groups excluding carboxylic acids is 1. The number of aromatic nitrogens is 1. The molecule has 1 amide bonds. The average molecular weight is 338 g/mol. The molecule has 1 unspecified atom stereocenters. The van der Waals surface area contributed by atoms with Crippen molar-refractivity contribution >= 4 is 27.3 Å². The van der Waals surface area contributed by atoms with Crippen molar-refractivity contribution in [3.63, 3.8) is 0 Å². The molecule has 9 heteroatoms. The predicted octanol–water partition coefficient (Wildman–Crippen LogP) is 1.26. The van der Waals surface area contributed by atoms with Crippen molar-refractivity contribution < 1.29 is 13.2 Å². The van der Waals surface area contributed by atoms with Gasteiger partial charge < -0.3 is 5.32 Å². The Morgan fingerprint density at radius 3 is 2.77 bits per heavy atom. The molecule has 0 aliphatic heterocycles. The minimum atomic E-state index is -3.82. The third-order valence-corrected chi connectivity index (χ3v) is 5.62. The van der Waals surface area contributed by atoms with Gasteiger partial charge in [0.2, 0.25) is 10.2 Å². The van der Waals surface area contributed by atoms with Crippen LogP contribution in [0.3, 0.4) is 0 Å². The van der Waals surface area contributed by atoms with Crippen LogP contribution in [0.5, 0.6) is 0 Å². The molecule has 7 nitrogen and oxygen atoms in total. The summed E-state index contributed by atoms with van der Waals surface area (Å²) in [5.74, 6) is -0.244. The van der Waals surface area contributed by atoms with Crippen molar-refractivity contribution in [1.29, 1.82) is 5.26 Å². The quantitative estimate of drug-likeness (QED) is 0.858. The molecule has 1 aliphatic rings. The number of hydrogen-bond acceptors (Lipinski definition) is 6. The van der Waals surface area contributed by atoms with Crippen molar-refractivity contribution in [2.75, 3.05) is 0 Å². The number of thiazole rings is 1. The fraction of sp³-hybridized carbons (Fsp3) is 0.308. The number of nitriles is 1. The Kier molecular flexibility index (Phi) is 4.35. The van der Waals surface area contributed by atoms with Crippen LogP contribution < -0.4 is 10.0 Å².